The van der Waals surface area contributed by atoms with Crippen LogP contribution in [0.3, 0.4) is 0 Å². The number of nitrogens with one attached hydrogen (secondary N) is 2. The molecule has 27 heavy (non-hydrogen) atoms. The van der Waals surface area contributed by atoms with Gasteiger partial charge in [0.2, 0.25) is 11.8 Å². The summed E-state index contributed by atoms with van der Waals surface area (Å²) in [7, 11) is 1.69. The van der Waals surface area contributed by atoms with E-state index >= 15 is 0 Å². The summed E-state index contributed by atoms with van der Waals surface area (Å²) in [5.74, 6) is 2.66. The molecule has 0 atom stereocenters. The Labute approximate surface area is 179 Å². The van der Waals surface area contributed by atoms with E-state index in [0.717, 1.165) is 38.4 Å². The van der Waals surface area contributed by atoms with Crippen LogP contribution < -0.4 is 10.6 Å². The first kappa shape index (κ1) is 23.6. The van der Waals surface area contributed by atoms with Crippen molar-refractivity contribution in [3.05, 3.63) is 11.7 Å². The van der Waals surface area contributed by atoms with Crippen LogP contribution in [-0.2, 0) is 16.8 Å². The molecule has 1 aliphatic rings. The van der Waals surface area contributed by atoms with Crippen LogP contribution in [0.1, 0.15) is 58.7 Å². The number of hydrogen-bond acceptors (Lipinski definition) is 5. The van der Waals surface area contributed by atoms with Gasteiger partial charge in [-0.2, -0.15) is 4.98 Å². The Hall–Kier alpha value is -1.39. The molecule has 2 heterocycles. The lowest BCUT2D eigenvalue weighted by Crippen LogP contribution is -2.46. The topological polar surface area (TPSA) is 95.7 Å². The molecule has 1 saturated heterocycles. The lowest BCUT2D eigenvalue weighted by molar-refractivity contribution is -0.121. The van der Waals surface area contributed by atoms with Crippen molar-refractivity contribution in [2.75, 3.05) is 26.7 Å². The van der Waals surface area contributed by atoms with Crippen molar-refractivity contribution in [2.24, 2.45) is 10.9 Å². The maximum atomic E-state index is 11.5. The van der Waals surface area contributed by atoms with E-state index in [1.165, 1.54) is 0 Å². The number of halogens is 1. The molecule has 154 valence electrons. The first-order valence-corrected chi connectivity index (χ1v) is 9.40. The number of carbonyl (C=O) groups excluding carboxylic acids is 1. The summed E-state index contributed by atoms with van der Waals surface area (Å²) in [5.41, 5.74) is -0.161. The van der Waals surface area contributed by atoms with Gasteiger partial charge in [-0.1, -0.05) is 25.9 Å². The number of aromatic nitrogens is 2. The summed E-state index contributed by atoms with van der Waals surface area (Å²) < 4.78 is 5.33. The van der Waals surface area contributed by atoms with Crippen LogP contribution in [0, 0.1) is 5.92 Å². The van der Waals surface area contributed by atoms with Crippen LogP contribution in [0.25, 0.3) is 0 Å². The molecule has 0 bridgehead atoms. The van der Waals surface area contributed by atoms with Gasteiger partial charge in [-0.3, -0.25) is 4.79 Å². The summed E-state index contributed by atoms with van der Waals surface area (Å²) in [5, 5.41) is 10.1. The van der Waals surface area contributed by atoms with Gasteiger partial charge in [0.25, 0.3) is 0 Å². The van der Waals surface area contributed by atoms with E-state index in [9.17, 15) is 4.79 Å². The van der Waals surface area contributed by atoms with Crippen LogP contribution in [0.4, 0.5) is 0 Å². The van der Waals surface area contributed by atoms with Gasteiger partial charge in [0, 0.05) is 38.5 Å². The highest BCUT2D eigenvalue weighted by atomic mass is 127. The molecule has 1 aliphatic heterocycles. The molecule has 0 spiro atoms. The van der Waals surface area contributed by atoms with Crippen LogP contribution in [0.5, 0.6) is 0 Å². The summed E-state index contributed by atoms with van der Waals surface area (Å²) in [6.07, 6.45) is 2.60. The number of rotatable bonds is 5. The number of piperidine rings is 1. The molecular weight excluding hydrogens is 459 g/mol. The highest BCUT2D eigenvalue weighted by Gasteiger charge is 2.24. The molecule has 0 unspecified atom stereocenters. The Morgan fingerprint density at radius 3 is 2.52 bits per heavy atom. The predicted octanol–water partition coefficient (Wildman–Crippen LogP) is 2.30. The maximum absolute atomic E-state index is 11.5. The second-order valence-electron chi connectivity index (χ2n) is 7.74. The number of guanidine groups is 1. The minimum atomic E-state index is -0.161. The van der Waals surface area contributed by atoms with Gasteiger partial charge in [0.1, 0.15) is 6.54 Å². The van der Waals surface area contributed by atoms with Gasteiger partial charge < -0.3 is 20.1 Å². The molecule has 2 rings (SSSR count). The molecule has 1 amide bonds. The number of amides is 1. The highest BCUT2D eigenvalue weighted by molar-refractivity contribution is 14.0. The Kier molecular flexibility index (Phi) is 9.48. The number of likely N-dealkylation sites (tertiary alicyclic amines) is 1. The highest BCUT2D eigenvalue weighted by Crippen LogP contribution is 2.21. The monoisotopic (exact) mass is 492 g/mol. The van der Waals surface area contributed by atoms with Gasteiger partial charge in [0.05, 0.1) is 0 Å². The second-order valence-corrected chi connectivity index (χ2v) is 7.74. The minimum Gasteiger partial charge on any atom is -0.359 e. The maximum Gasteiger partial charge on any atom is 0.232 e. The number of hydrogen-bond donors (Lipinski definition) is 2. The van der Waals surface area contributed by atoms with Crippen molar-refractivity contribution < 1.29 is 9.32 Å². The zero-order valence-corrected chi connectivity index (χ0v) is 19.4. The molecule has 1 aromatic heterocycles. The van der Waals surface area contributed by atoms with E-state index in [1.54, 1.807) is 7.05 Å². The van der Waals surface area contributed by atoms with Crippen molar-refractivity contribution >= 4 is 35.8 Å². The van der Waals surface area contributed by atoms with Crippen LogP contribution in [-0.4, -0.2) is 53.6 Å². The summed E-state index contributed by atoms with van der Waals surface area (Å²) >= 11 is 0. The fourth-order valence-electron chi connectivity index (χ4n) is 2.91. The molecule has 0 aliphatic carbocycles. The van der Waals surface area contributed by atoms with E-state index in [0.29, 0.717) is 30.6 Å². The minimum absolute atomic E-state index is 0. The van der Waals surface area contributed by atoms with E-state index in [1.807, 2.05) is 20.8 Å². The first-order chi connectivity index (χ1) is 12.3. The first-order valence-electron chi connectivity index (χ1n) is 9.40. The lowest BCUT2D eigenvalue weighted by atomic mass is 9.93. The third-order valence-electron chi connectivity index (χ3n) is 4.48. The van der Waals surface area contributed by atoms with E-state index in [-0.39, 0.29) is 35.3 Å². The van der Waals surface area contributed by atoms with Crippen LogP contribution >= 0.6 is 24.0 Å². The van der Waals surface area contributed by atoms with Gasteiger partial charge >= 0.3 is 0 Å². The molecular formula is C18H33IN6O2. The van der Waals surface area contributed by atoms with Gasteiger partial charge in [-0.05, 0) is 25.7 Å². The number of aliphatic imine (C=N–C) groups is 1. The molecule has 0 aromatic carbocycles. The molecule has 1 fully saturated rings. The predicted molar refractivity (Wildman–Crippen MR) is 116 cm³/mol. The lowest BCUT2D eigenvalue weighted by Gasteiger charge is -2.34. The molecule has 0 saturated carbocycles. The van der Waals surface area contributed by atoms with Gasteiger partial charge in [0.15, 0.2) is 11.8 Å². The number of carbonyl (C=O) groups is 1. The van der Waals surface area contributed by atoms with E-state index in [2.05, 4.69) is 37.6 Å². The Morgan fingerprint density at radius 1 is 1.33 bits per heavy atom. The quantitative estimate of drug-likeness (QED) is 0.372. The van der Waals surface area contributed by atoms with Crippen molar-refractivity contribution in [1.82, 2.24) is 25.7 Å². The number of nitrogens with zero attached hydrogens (tertiary/aromatic N) is 4. The van der Waals surface area contributed by atoms with Crippen molar-refractivity contribution in [3.8, 4) is 0 Å². The average molecular weight is 492 g/mol. The standard InChI is InChI=1S/C18H32N6O2.HI/c1-6-20-17(21-12-14-22-16(26-23-14)18(2,3)4)24-9-7-13(8-10-24)11-15(25)19-5;/h13H,6-12H2,1-5H3,(H,19,25)(H,20,21);1H. The van der Waals surface area contributed by atoms with Crippen molar-refractivity contribution in [1.29, 1.82) is 0 Å². The molecule has 8 nitrogen and oxygen atoms in total. The fraction of sp³-hybridized carbons (Fsp3) is 0.778. The normalized spacial score (nSPS) is 16.0. The Morgan fingerprint density at radius 2 is 2.00 bits per heavy atom. The summed E-state index contributed by atoms with van der Waals surface area (Å²) in [6.45, 7) is 11.2. The molecule has 2 N–H and O–H groups in total. The molecule has 9 heteroatoms. The SMILES string of the molecule is CCNC(=NCc1noc(C(C)(C)C)n1)N1CCC(CC(=O)NC)CC1.I. The Balaban J connectivity index is 0.00000364. The largest absolute Gasteiger partial charge is 0.359 e. The summed E-state index contributed by atoms with van der Waals surface area (Å²) in [4.78, 5) is 22.9. The van der Waals surface area contributed by atoms with Gasteiger partial charge in [-0.15, -0.1) is 24.0 Å². The third kappa shape index (κ3) is 7.27. The van der Waals surface area contributed by atoms with E-state index < -0.39 is 0 Å². The van der Waals surface area contributed by atoms with Crippen molar-refractivity contribution in [3.63, 3.8) is 0 Å². The summed E-state index contributed by atoms with van der Waals surface area (Å²) in [6, 6.07) is 0. The van der Waals surface area contributed by atoms with Crippen LogP contribution in [0.15, 0.2) is 9.52 Å². The Bertz CT molecular complexity index is 618. The van der Waals surface area contributed by atoms with Crippen LogP contribution in [0.2, 0.25) is 0 Å². The zero-order chi connectivity index (χ0) is 19.2. The molecule has 0 radical (unpaired) electrons. The molecule has 1 aromatic rings. The average Bonchev–Trinajstić information content (AvgIpc) is 3.08. The van der Waals surface area contributed by atoms with Gasteiger partial charge in [-0.25, -0.2) is 4.99 Å². The van der Waals surface area contributed by atoms with Crippen molar-refractivity contribution in [2.45, 2.75) is 58.9 Å². The van der Waals surface area contributed by atoms with E-state index in [4.69, 9.17) is 4.52 Å². The zero-order valence-electron chi connectivity index (χ0n) is 17.0. The third-order valence-corrected chi connectivity index (χ3v) is 4.48. The second kappa shape index (κ2) is 10.8. The smallest absolute Gasteiger partial charge is 0.232 e. The fourth-order valence-corrected chi connectivity index (χ4v) is 2.91.